The molecule has 0 aliphatic heterocycles. The summed E-state index contributed by atoms with van der Waals surface area (Å²) in [6.07, 6.45) is 0.810. The number of nitrogens with one attached hydrogen (secondary N) is 3. The summed E-state index contributed by atoms with van der Waals surface area (Å²) in [4.78, 5) is 24.2. The second-order valence-electron chi connectivity index (χ2n) is 6.68. The lowest BCUT2D eigenvalue weighted by Crippen LogP contribution is -2.34. The molecule has 0 spiro atoms. The highest BCUT2D eigenvalue weighted by molar-refractivity contribution is 7.80. The first-order valence-corrected chi connectivity index (χ1v) is 10.2. The fourth-order valence-electron chi connectivity index (χ4n) is 2.85. The number of anilines is 1. The van der Waals surface area contributed by atoms with E-state index in [0.717, 1.165) is 6.42 Å². The van der Waals surface area contributed by atoms with E-state index in [0.29, 0.717) is 29.2 Å². The van der Waals surface area contributed by atoms with Crippen molar-refractivity contribution in [1.82, 2.24) is 10.6 Å². The maximum absolute atomic E-state index is 12.4. The highest BCUT2D eigenvalue weighted by Crippen LogP contribution is 2.14. The molecule has 3 aromatic rings. The number of thiocarbonyl (C=S) groups is 1. The number of ether oxygens (including phenoxy) is 1. The van der Waals surface area contributed by atoms with Crippen LogP contribution in [0.25, 0.3) is 0 Å². The van der Waals surface area contributed by atoms with Gasteiger partial charge >= 0.3 is 0 Å². The molecule has 6 nitrogen and oxygen atoms in total. The standard InChI is InChI=1S/C24H23N3O3S/c1-25-22(28)19-8-5-9-20(16-19)26-24(31)27-23(29)18-10-12-21(13-11-18)30-15-14-17-6-3-2-4-7-17/h2-13,16H,14-15H2,1H3,(H,25,28)(H2,26,27,29,31). The van der Waals surface area contributed by atoms with Gasteiger partial charge in [0.15, 0.2) is 5.11 Å². The summed E-state index contributed by atoms with van der Waals surface area (Å²) in [6, 6.07) is 23.8. The lowest BCUT2D eigenvalue weighted by Gasteiger charge is -2.11. The summed E-state index contributed by atoms with van der Waals surface area (Å²) in [6.45, 7) is 0.554. The van der Waals surface area contributed by atoms with E-state index in [1.807, 2.05) is 18.2 Å². The van der Waals surface area contributed by atoms with Crippen molar-refractivity contribution in [3.63, 3.8) is 0 Å². The third-order valence-electron chi connectivity index (χ3n) is 4.46. The van der Waals surface area contributed by atoms with Crippen molar-refractivity contribution < 1.29 is 14.3 Å². The van der Waals surface area contributed by atoms with Crippen LogP contribution in [0.5, 0.6) is 5.75 Å². The molecule has 0 aromatic heterocycles. The number of hydrogen-bond acceptors (Lipinski definition) is 4. The molecule has 0 bridgehead atoms. The normalized spacial score (nSPS) is 10.1. The number of hydrogen-bond donors (Lipinski definition) is 3. The van der Waals surface area contributed by atoms with E-state index in [-0.39, 0.29) is 16.9 Å². The average Bonchev–Trinajstić information content (AvgIpc) is 2.79. The maximum Gasteiger partial charge on any atom is 0.257 e. The molecule has 0 saturated heterocycles. The zero-order chi connectivity index (χ0) is 22.1. The zero-order valence-corrected chi connectivity index (χ0v) is 17.9. The van der Waals surface area contributed by atoms with E-state index in [2.05, 4.69) is 28.1 Å². The molecule has 3 rings (SSSR count). The summed E-state index contributed by atoms with van der Waals surface area (Å²) in [5, 5.41) is 8.25. The Bertz CT molecular complexity index is 1050. The van der Waals surface area contributed by atoms with Gasteiger partial charge in [-0.2, -0.15) is 0 Å². The van der Waals surface area contributed by atoms with Gasteiger partial charge in [0, 0.05) is 30.3 Å². The Hall–Kier alpha value is -3.71. The predicted octanol–water partition coefficient (Wildman–Crippen LogP) is 3.79. The Balaban J connectivity index is 1.49. The fraction of sp³-hybridized carbons (Fsp3) is 0.125. The van der Waals surface area contributed by atoms with Crippen LogP contribution in [0.15, 0.2) is 78.9 Å². The SMILES string of the molecule is CNC(=O)c1cccc(NC(=S)NC(=O)c2ccc(OCCc3ccccc3)cc2)c1. The molecule has 0 aliphatic rings. The third-order valence-corrected chi connectivity index (χ3v) is 4.66. The van der Waals surface area contributed by atoms with Crippen LogP contribution in [0.3, 0.4) is 0 Å². The van der Waals surface area contributed by atoms with Crippen LogP contribution in [0, 0.1) is 0 Å². The first-order valence-electron chi connectivity index (χ1n) is 9.76. The van der Waals surface area contributed by atoms with Crippen molar-refractivity contribution >= 4 is 34.8 Å². The number of rotatable bonds is 7. The molecule has 0 heterocycles. The van der Waals surface area contributed by atoms with E-state index in [1.54, 1.807) is 55.6 Å². The minimum absolute atomic E-state index is 0.141. The van der Waals surface area contributed by atoms with Gasteiger partial charge in [0.2, 0.25) is 0 Å². The summed E-state index contributed by atoms with van der Waals surface area (Å²) < 4.78 is 5.74. The minimum Gasteiger partial charge on any atom is -0.493 e. The summed E-state index contributed by atoms with van der Waals surface area (Å²) >= 11 is 5.21. The number of carbonyl (C=O) groups is 2. The van der Waals surface area contributed by atoms with Crippen LogP contribution in [0.1, 0.15) is 26.3 Å². The predicted molar refractivity (Wildman–Crippen MR) is 126 cm³/mol. The van der Waals surface area contributed by atoms with Crippen molar-refractivity contribution in [1.29, 1.82) is 0 Å². The van der Waals surface area contributed by atoms with Crippen molar-refractivity contribution in [3.05, 3.63) is 95.6 Å². The van der Waals surface area contributed by atoms with Crippen LogP contribution in [-0.4, -0.2) is 30.6 Å². The fourth-order valence-corrected chi connectivity index (χ4v) is 3.06. The van der Waals surface area contributed by atoms with Gasteiger partial charge in [-0.25, -0.2) is 0 Å². The van der Waals surface area contributed by atoms with Gasteiger partial charge in [-0.05, 0) is 60.2 Å². The number of carbonyl (C=O) groups excluding carboxylic acids is 2. The summed E-state index contributed by atoms with van der Waals surface area (Å²) in [7, 11) is 1.56. The first-order chi connectivity index (χ1) is 15.0. The lowest BCUT2D eigenvalue weighted by molar-refractivity contribution is 0.0959. The van der Waals surface area contributed by atoms with E-state index >= 15 is 0 Å². The van der Waals surface area contributed by atoms with E-state index in [9.17, 15) is 9.59 Å². The molecule has 0 radical (unpaired) electrons. The molecule has 3 N–H and O–H groups in total. The largest absolute Gasteiger partial charge is 0.493 e. The maximum atomic E-state index is 12.4. The molecular formula is C24H23N3O3S. The Morgan fingerprint density at radius 1 is 0.871 bits per heavy atom. The molecule has 158 valence electrons. The van der Waals surface area contributed by atoms with Gasteiger partial charge in [-0.3, -0.25) is 14.9 Å². The molecule has 2 amide bonds. The Kier molecular flexibility index (Phi) is 7.73. The molecule has 7 heteroatoms. The summed E-state index contributed by atoms with van der Waals surface area (Å²) in [5.41, 5.74) is 2.76. The van der Waals surface area contributed by atoms with Crippen LogP contribution >= 0.6 is 12.2 Å². The van der Waals surface area contributed by atoms with Gasteiger partial charge < -0.3 is 15.4 Å². The van der Waals surface area contributed by atoms with E-state index in [1.165, 1.54) is 5.56 Å². The van der Waals surface area contributed by atoms with E-state index in [4.69, 9.17) is 17.0 Å². The molecule has 31 heavy (non-hydrogen) atoms. The first kappa shape index (κ1) is 22.0. The highest BCUT2D eigenvalue weighted by Gasteiger charge is 2.09. The molecule has 0 fully saturated rings. The topological polar surface area (TPSA) is 79.5 Å². The molecular weight excluding hydrogens is 410 g/mol. The molecule has 3 aromatic carbocycles. The second-order valence-corrected chi connectivity index (χ2v) is 7.08. The van der Waals surface area contributed by atoms with Gasteiger partial charge in [0.1, 0.15) is 5.75 Å². The number of benzene rings is 3. The Morgan fingerprint density at radius 3 is 2.32 bits per heavy atom. The lowest BCUT2D eigenvalue weighted by atomic mass is 10.2. The molecule has 0 saturated carbocycles. The van der Waals surface area contributed by atoms with Crippen LogP contribution < -0.4 is 20.7 Å². The minimum atomic E-state index is -0.337. The highest BCUT2D eigenvalue weighted by atomic mass is 32.1. The monoisotopic (exact) mass is 433 g/mol. The molecule has 0 aliphatic carbocycles. The van der Waals surface area contributed by atoms with Gasteiger partial charge in [-0.15, -0.1) is 0 Å². The van der Waals surface area contributed by atoms with Crippen LogP contribution in [-0.2, 0) is 6.42 Å². The van der Waals surface area contributed by atoms with Gasteiger partial charge in [0.25, 0.3) is 11.8 Å². The smallest absolute Gasteiger partial charge is 0.257 e. The van der Waals surface area contributed by atoms with Crippen molar-refractivity contribution in [2.24, 2.45) is 0 Å². The van der Waals surface area contributed by atoms with Crippen LogP contribution in [0.2, 0.25) is 0 Å². The molecule has 0 atom stereocenters. The Labute approximate surface area is 186 Å². The summed E-state index contributed by atoms with van der Waals surface area (Å²) in [5.74, 6) is 0.152. The zero-order valence-electron chi connectivity index (χ0n) is 17.1. The second kappa shape index (κ2) is 10.9. The Morgan fingerprint density at radius 2 is 1.61 bits per heavy atom. The van der Waals surface area contributed by atoms with E-state index < -0.39 is 0 Å². The van der Waals surface area contributed by atoms with Crippen LogP contribution in [0.4, 0.5) is 5.69 Å². The van der Waals surface area contributed by atoms with Gasteiger partial charge in [0.05, 0.1) is 6.61 Å². The molecule has 0 unspecified atom stereocenters. The van der Waals surface area contributed by atoms with Crippen molar-refractivity contribution in [3.8, 4) is 5.75 Å². The number of amides is 2. The third kappa shape index (κ3) is 6.65. The average molecular weight is 434 g/mol. The quantitative estimate of drug-likeness (QED) is 0.494. The van der Waals surface area contributed by atoms with Crippen molar-refractivity contribution in [2.45, 2.75) is 6.42 Å². The van der Waals surface area contributed by atoms with Gasteiger partial charge in [-0.1, -0.05) is 36.4 Å². The van der Waals surface area contributed by atoms with Crippen molar-refractivity contribution in [2.75, 3.05) is 19.0 Å².